The zero-order valence-corrected chi connectivity index (χ0v) is 25.2. The Kier molecular flexibility index (Phi) is 13.9. The molecule has 1 fully saturated rings. The minimum absolute atomic E-state index is 0.0435. The molecule has 0 spiro atoms. The van der Waals surface area contributed by atoms with E-state index in [1.54, 1.807) is 12.1 Å². The Morgan fingerprint density at radius 1 is 0.865 bits per heavy atom. The number of benzene rings is 1. The highest BCUT2D eigenvalue weighted by Crippen LogP contribution is 2.34. The first-order chi connectivity index (χ1) is 17.7. The van der Waals surface area contributed by atoms with Crippen LogP contribution in [-0.4, -0.2) is 10.2 Å². The van der Waals surface area contributed by atoms with Crippen LogP contribution < -0.4 is 0 Å². The van der Waals surface area contributed by atoms with Crippen molar-refractivity contribution in [3.05, 3.63) is 76.9 Å². The van der Waals surface area contributed by atoms with E-state index in [0.717, 1.165) is 48.9 Å². The number of Topliss-reactive ketones (excluding diaryl/α,β-unsaturated/α-hetero) is 1. The van der Waals surface area contributed by atoms with Gasteiger partial charge < -0.3 is 4.40 Å². The maximum absolute atomic E-state index is 14.3. The second kappa shape index (κ2) is 15.7. The third-order valence-corrected chi connectivity index (χ3v) is 6.93. The molecule has 1 aromatic carbocycles. The normalized spacial score (nSPS) is 16.9. The average Bonchev–Trinajstić information content (AvgIpc) is 3.34. The molecule has 0 bridgehead atoms. The number of carbonyl (C=O) groups excluding carboxylic acids is 1. The second-order valence-electron chi connectivity index (χ2n) is 10.5. The number of rotatable bonds is 5. The highest BCUT2D eigenvalue weighted by Gasteiger charge is 2.25. The maximum atomic E-state index is 14.3. The summed E-state index contributed by atoms with van der Waals surface area (Å²) in [6.45, 7) is 20.6. The Hall–Kier alpha value is -2.42. The number of carbonyl (C=O) groups is 1. The van der Waals surface area contributed by atoms with Gasteiger partial charge in [-0.15, -0.1) is 0 Å². The molecule has 0 saturated heterocycles. The van der Waals surface area contributed by atoms with Gasteiger partial charge >= 0.3 is 0 Å². The van der Waals surface area contributed by atoms with Gasteiger partial charge in [-0.1, -0.05) is 92.1 Å². The molecule has 1 aliphatic rings. The van der Waals surface area contributed by atoms with E-state index in [2.05, 4.69) is 37.4 Å². The summed E-state index contributed by atoms with van der Waals surface area (Å²) >= 11 is 0. The van der Waals surface area contributed by atoms with Crippen molar-refractivity contribution in [2.24, 2.45) is 11.8 Å². The summed E-state index contributed by atoms with van der Waals surface area (Å²) in [6, 6.07) is 13.4. The quantitative estimate of drug-likeness (QED) is 0.313. The Bertz CT molecular complexity index is 1060. The number of ketones is 1. The number of halogens is 1. The molecular weight excluding hydrogens is 457 g/mol. The monoisotopic (exact) mass is 509 g/mol. The van der Waals surface area contributed by atoms with Gasteiger partial charge in [0, 0.05) is 29.4 Å². The molecule has 1 aliphatic carbocycles. The molecule has 4 rings (SSSR count). The van der Waals surface area contributed by atoms with Crippen LogP contribution in [-0.2, 0) is 11.8 Å². The Balaban J connectivity index is 0.00000106. The standard InChI is InChI=1S/C28H34FNO.3C2H6/c1-19-5-11-22(12-6-19)27(31)14-21-9-7-20(8-10-21)13-25-16-24(29)17-26-15-23(18-30(25)26)28(2,3)4;3*1-2/h5-6,11-12,15-18,20-21H,7-10,13-14H2,1-4H3;3*1-2H3. The summed E-state index contributed by atoms with van der Waals surface area (Å²) in [5.74, 6) is 1.13. The molecule has 0 atom stereocenters. The third-order valence-electron chi connectivity index (χ3n) is 6.93. The number of hydrogen-bond acceptors (Lipinski definition) is 1. The zero-order chi connectivity index (χ0) is 28.2. The van der Waals surface area contributed by atoms with Crippen LogP contribution in [0.15, 0.2) is 48.7 Å². The third kappa shape index (κ3) is 9.43. The topological polar surface area (TPSA) is 21.5 Å². The Morgan fingerprint density at radius 3 is 1.95 bits per heavy atom. The van der Waals surface area contributed by atoms with Gasteiger partial charge in [-0.25, -0.2) is 4.39 Å². The molecule has 3 heteroatoms. The van der Waals surface area contributed by atoms with Gasteiger partial charge in [0.15, 0.2) is 5.78 Å². The first kappa shape index (κ1) is 32.6. The van der Waals surface area contributed by atoms with Crippen LogP contribution >= 0.6 is 0 Å². The molecule has 2 aromatic heterocycles. The summed E-state index contributed by atoms with van der Waals surface area (Å²) < 4.78 is 16.5. The van der Waals surface area contributed by atoms with E-state index in [4.69, 9.17) is 0 Å². The first-order valence-electron chi connectivity index (χ1n) is 14.6. The van der Waals surface area contributed by atoms with Gasteiger partial charge in [-0.2, -0.15) is 0 Å². The SMILES string of the molecule is CC.CC.CC.Cc1ccc(C(=O)CC2CCC(Cc3cc(F)cc4cc(C(C)(C)C)cn34)CC2)cc1. The van der Waals surface area contributed by atoms with Gasteiger partial charge in [0.25, 0.3) is 0 Å². The van der Waals surface area contributed by atoms with E-state index >= 15 is 0 Å². The predicted octanol–water partition coefficient (Wildman–Crippen LogP) is 10.4. The number of aryl methyl sites for hydroxylation is 1. The molecule has 1 saturated carbocycles. The zero-order valence-electron chi connectivity index (χ0n) is 25.2. The molecule has 0 unspecified atom stereocenters. The number of nitrogens with zero attached hydrogens (tertiary/aromatic N) is 1. The van der Waals surface area contributed by atoms with Crippen molar-refractivity contribution in [3.8, 4) is 0 Å². The second-order valence-corrected chi connectivity index (χ2v) is 10.5. The molecule has 0 N–H and O–H groups in total. The summed E-state index contributed by atoms with van der Waals surface area (Å²) in [4.78, 5) is 12.6. The summed E-state index contributed by atoms with van der Waals surface area (Å²) in [5, 5.41) is 0. The van der Waals surface area contributed by atoms with E-state index in [9.17, 15) is 9.18 Å². The number of pyridine rings is 1. The molecule has 206 valence electrons. The summed E-state index contributed by atoms with van der Waals surface area (Å²) in [7, 11) is 0. The van der Waals surface area contributed by atoms with E-state index < -0.39 is 0 Å². The van der Waals surface area contributed by atoms with Gasteiger partial charge in [0.2, 0.25) is 0 Å². The van der Waals surface area contributed by atoms with Crippen molar-refractivity contribution in [1.29, 1.82) is 0 Å². The van der Waals surface area contributed by atoms with Gasteiger partial charge in [-0.05, 0) is 80.0 Å². The average molecular weight is 510 g/mol. The molecule has 37 heavy (non-hydrogen) atoms. The van der Waals surface area contributed by atoms with Gasteiger partial charge in [0.05, 0.1) is 0 Å². The Labute approximate surface area is 226 Å². The minimum atomic E-state index is -0.154. The fourth-order valence-electron chi connectivity index (χ4n) is 4.87. The largest absolute Gasteiger partial charge is 0.320 e. The fraction of sp³-hybridized carbons (Fsp3) is 0.559. The van der Waals surface area contributed by atoms with E-state index in [1.807, 2.05) is 72.7 Å². The van der Waals surface area contributed by atoms with E-state index in [-0.39, 0.29) is 17.0 Å². The lowest BCUT2D eigenvalue weighted by atomic mass is 9.77. The van der Waals surface area contributed by atoms with Crippen LogP contribution in [0.2, 0.25) is 0 Å². The highest BCUT2D eigenvalue weighted by molar-refractivity contribution is 5.96. The molecule has 2 nitrogen and oxygen atoms in total. The van der Waals surface area contributed by atoms with Crippen molar-refractivity contribution >= 4 is 11.3 Å². The maximum Gasteiger partial charge on any atom is 0.163 e. The minimum Gasteiger partial charge on any atom is -0.320 e. The number of fused-ring (bicyclic) bond motifs is 1. The van der Waals surface area contributed by atoms with E-state index in [1.165, 1.54) is 11.1 Å². The highest BCUT2D eigenvalue weighted by atomic mass is 19.1. The van der Waals surface area contributed by atoms with Crippen molar-refractivity contribution < 1.29 is 9.18 Å². The molecule has 2 heterocycles. The van der Waals surface area contributed by atoms with Crippen molar-refractivity contribution in [3.63, 3.8) is 0 Å². The van der Waals surface area contributed by atoms with Crippen LogP contribution in [0.5, 0.6) is 0 Å². The van der Waals surface area contributed by atoms with Crippen LogP contribution in [0.1, 0.15) is 122 Å². The van der Waals surface area contributed by atoms with Crippen molar-refractivity contribution in [2.75, 3.05) is 0 Å². The van der Waals surface area contributed by atoms with Gasteiger partial charge in [0.1, 0.15) is 5.82 Å². The molecule has 0 amide bonds. The molecular formula is C34H52FNO. The lowest BCUT2D eigenvalue weighted by molar-refractivity contribution is 0.0942. The fourth-order valence-corrected chi connectivity index (χ4v) is 4.87. The van der Waals surface area contributed by atoms with Crippen LogP contribution in [0.4, 0.5) is 4.39 Å². The van der Waals surface area contributed by atoms with Crippen LogP contribution in [0.3, 0.4) is 0 Å². The lowest BCUT2D eigenvalue weighted by Gasteiger charge is -2.28. The van der Waals surface area contributed by atoms with Crippen molar-refractivity contribution in [1.82, 2.24) is 4.40 Å². The first-order valence-corrected chi connectivity index (χ1v) is 14.6. The van der Waals surface area contributed by atoms with E-state index in [0.29, 0.717) is 18.3 Å². The van der Waals surface area contributed by atoms with Crippen LogP contribution in [0.25, 0.3) is 5.52 Å². The Morgan fingerprint density at radius 2 is 1.41 bits per heavy atom. The number of aromatic nitrogens is 1. The van der Waals surface area contributed by atoms with Crippen LogP contribution in [0, 0.1) is 24.6 Å². The molecule has 0 radical (unpaired) electrons. The molecule has 0 aliphatic heterocycles. The van der Waals surface area contributed by atoms with Gasteiger partial charge in [-0.3, -0.25) is 4.79 Å². The predicted molar refractivity (Wildman–Crippen MR) is 159 cm³/mol. The summed E-state index contributed by atoms with van der Waals surface area (Å²) in [6.07, 6.45) is 8.10. The smallest absolute Gasteiger partial charge is 0.163 e. The van der Waals surface area contributed by atoms with Crippen molar-refractivity contribution in [2.45, 2.75) is 113 Å². The summed E-state index contributed by atoms with van der Waals surface area (Å²) in [5.41, 5.74) is 5.29. The lowest BCUT2D eigenvalue weighted by Crippen LogP contribution is -2.19. The number of hydrogen-bond donors (Lipinski definition) is 0. The molecule has 3 aromatic rings.